The Labute approximate surface area is 330 Å². The van der Waals surface area contributed by atoms with Gasteiger partial charge < -0.3 is 15.0 Å². The van der Waals surface area contributed by atoms with E-state index in [-0.39, 0.29) is 0 Å². The third-order valence-corrected chi connectivity index (χ3v) is 10.5. The number of H-pyrrole nitrogens is 3. The lowest BCUT2D eigenvalue weighted by molar-refractivity contribution is 1.32. The maximum atomic E-state index is 4.64. The molecule has 57 heavy (non-hydrogen) atoms. The third-order valence-electron chi connectivity index (χ3n) is 10.5. The maximum absolute atomic E-state index is 4.64. The van der Waals surface area contributed by atoms with Gasteiger partial charge in [-0.3, -0.25) is 15.0 Å². The highest BCUT2D eigenvalue weighted by molar-refractivity contribution is 5.92. The highest BCUT2D eigenvalue weighted by Crippen LogP contribution is 2.38. The Balaban J connectivity index is 1.06. The summed E-state index contributed by atoms with van der Waals surface area (Å²) in [6.07, 6.45) is 23.5. The summed E-state index contributed by atoms with van der Waals surface area (Å²) >= 11 is 0. The zero-order valence-electron chi connectivity index (χ0n) is 30.9. The molecule has 0 saturated heterocycles. The molecule has 270 valence electrons. The largest absolute Gasteiger partial charge is 0.361 e. The molecule has 3 aliphatic rings. The second kappa shape index (κ2) is 14.8. The van der Waals surface area contributed by atoms with Crippen LogP contribution in [0.4, 0.5) is 0 Å². The molecular formula is C51H36N6. The fraction of sp³-hybridized carbons (Fsp3) is 0. The predicted molar refractivity (Wildman–Crippen MR) is 236 cm³/mol. The summed E-state index contributed by atoms with van der Waals surface area (Å²) < 4.78 is 0. The van der Waals surface area contributed by atoms with E-state index in [9.17, 15) is 0 Å². The van der Waals surface area contributed by atoms with E-state index in [2.05, 4.69) is 157 Å². The molecule has 0 spiro atoms. The molecule has 6 heteroatoms. The Hall–Kier alpha value is -7.83. The maximum Gasteiger partial charge on any atom is 0.0729 e. The van der Waals surface area contributed by atoms with Crippen LogP contribution in [0.15, 0.2) is 215 Å². The van der Waals surface area contributed by atoms with Crippen molar-refractivity contribution in [1.82, 2.24) is 15.0 Å². The van der Waals surface area contributed by atoms with E-state index >= 15 is 0 Å². The minimum absolute atomic E-state index is 0.943. The van der Waals surface area contributed by atoms with Crippen molar-refractivity contribution in [3.05, 3.63) is 233 Å². The number of nitrogens with one attached hydrogen (secondary N) is 3. The van der Waals surface area contributed by atoms with Gasteiger partial charge in [0.1, 0.15) is 0 Å². The van der Waals surface area contributed by atoms with E-state index in [1.165, 1.54) is 0 Å². The molecule has 0 radical (unpaired) electrons. The smallest absolute Gasteiger partial charge is 0.0729 e. The Morgan fingerprint density at radius 2 is 0.632 bits per heavy atom. The zero-order valence-corrected chi connectivity index (χ0v) is 30.9. The van der Waals surface area contributed by atoms with Crippen LogP contribution in [-0.4, -0.2) is 33.6 Å². The molecule has 6 nitrogen and oxygen atoms in total. The van der Waals surface area contributed by atoms with Gasteiger partial charge in [0.2, 0.25) is 0 Å². The fourth-order valence-corrected chi connectivity index (χ4v) is 7.74. The Kier molecular flexibility index (Phi) is 8.74. The molecule has 0 amide bonds. The molecule has 0 bridgehead atoms. The molecule has 0 fully saturated rings. The molecule has 10 rings (SSSR count). The second-order valence-corrected chi connectivity index (χ2v) is 14.0. The quantitative estimate of drug-likeness (QED) is 0.132. The van der Waals surface area contributed by atoms with Crippen LogP contribution in [0.25, 0.3) is 50.1 Å². The summed E-state index contributed by atoms with van der Waals surface area (Å²) in [6, 6.07) is 45.7. The standard InChI is InChI=1S/C51H36N6/c1-7-43(52-25-1)49(44-8-2-26-53-44)37-19-13-34(14-20-37)40-31-41(35-15-21-38(22-16-35)50(45-9-3-27-54-45)46-10-4-28-55-46)33-42(32-40)36-17-23-39(24-18-36)51(47-11-5-29-56-47)48-12-6-30-57-48/h1-33,52,54,56H/b49-44+,50-46+,51-48+. The summed E-state index contributed by atoms with van der Waals surface area (Å²) in [5, 5.41) is 0. The number of hydrogen-bond acceptors (Lipinski definition) is 3. The van der Waals surface area contributed by atoms with E-state index in [1.807, 2.05) is 73.7 Å². The SMILES string of the molecule is C1=C/C(=C(/c2ccc(-c3cc(-c4ccc(/C(=C5/C=CC=N5)c5ccc[nH]5)cc4)cc(-c4ccc(/C(=C5/C=CC=N5)c5ccc[nH]5)cc4)c3)cc2)c2ccc[nH]2)N=C1. The minimum atomic E-state index is 0.943. The average Bonchev–Trinajstić information content (AvgIpc) is 4.11. The summed E-state index contributed by atoms with van der Waals surface area (Å²) in [4.78, 5) is 24.1. The average molecular weight is 733 g/mol. The number of nitrogens with zero attached hydrogens (tertiary/aromatic N) is 3. The topological polar surface area (TPSA) is 84.5 Å². The lowest BCUT2D eigenvalue weighted by Gasteiger charge is -2.14. The van der Waals surface area contributed by atoms with Gasteiger partial charge in [-0.05, 0) is 141 Å². The lowest BCUT2D eigenvalue weighted by Crippen LogP contribution is -1.93. The molecule has 4 aromatic carbocycles. The van der Waals surface area contributed by atoms with E-state index in [4.69, 9.17) is 0 Å². The van der Waals surface area contributed by atoms with Crippen molar-refractivity contribution < 1.29 is 0 Å². The normalized spacial score (nSPS) is 16.6. The van der Waals surface area contributed by atoms with Gasteiger partial charge in [0.15, 0.2) is 0 Å². The Morgan fingerprint density at radius 1 is 0.333 bits per heavy atom. The van der Waals surface area contributed by atoms with Crippen LogP contribution >= 0.6 is 0 Å². The monoisotopic (exact) mass is 732 g/mol. The van der Waals surface area contributed by atoms with Gasteiger partial charge in [-0.15, -0.1) is 0 Å². The lowest BCUT2D eigenvalue weighted by atomic mass is 9.90. The molecule has 3 aromatic heterocycles. The number of aliphatic imine (C=N–C) groups is 3. The summed E-state index contributed by atoms with van der Waals surface area (Å²) in [7, 11) is 0. The van der Waals surface area contributed by atoms with Crippen molar-refractivity contribution >= 4 is 35.4 Å². The van der Waals surface area contributed by atoms with Crippen LogP contribution in [0.1, 0.15) is 33.8 Å². The van der Waals surface area contributed by atoms with Gasteiger partial charge in [-0.2, -0.15) is 0 Å². The van der Waals surface area contributed by atoms with E-state index < -0.39 is 0 Å². The summed E-state index contributed by atoms with van der Waals surface area (Å²) in [5.74, 6) is 0. The summed E-state index contributed by atoms with van der Waals surface area (Å²) in [6.45, 7) is 0. The third kappa shape index (κ3) is 6.66. The first kappa shape index (κ1) is 33.7. The molecule has 3 aliphatic heterocycles. The molecular weight excluding hydrogens is 697 g/mol. The minimum Gasteiger partial charge on any atom is -0.361 e. The van der Waals surface area contributed by atoms with Crippen molar-refractivity contribution in [2.24, 2.45) is 15.0 Å². The van der Waals surface area contributed by atoms with E-state index in [0.29, 0.717) is 0 Å². The molecule has 7 aromatic rings. The first-order valence-corrected chi connectivity index (χ1v) is 19.0. The van der Waals surface area contributed by atoms with Crippen LogP contribution in [0.2, 0.25) is 0 Å². The van der Waals surface area contributed by atoms with Gasteiger partial charge in [-0.1, -0.05) is 72.8 Å². The number of aromatic nitrogens is 3. The van der Waals surface area contributed by atoms with Crippen LogP contribution < -0.4 is 0 Å². The van der Waals surface area contributed by atoms with E-state index in [0.717, 1.165) is 101 Å². The zero-order chi connectivity index (χ0) is 38.0. The summed E-state index contributed by atoms with van der Waals surface area (Å²) in [5.41, 5.74) is 19.3. The van der Waals surface area contributed by atoms with Gasteiger partial charge in [0.05, 0.1) is 17.1 Å². The number of aromatic amines is 3. The van der Waals surface area contributed by atoms with Gasteiger partial charge >= 0.3 is 0 Å². The van der Waals surface area contributed by atoms with Crippen molar-refractivity contribution in [1.29, 1.82) is 0 Å². The van der Waals surface area contributed by atoms with Crippen molar-refractivity contribution in [3.8, 4) is 33.4 Å². The number of benzene rings is 4. The van der Waals surface area contributed by atoms with Crippen molar-refractivity contribution in [2.75, 3.05) is 0 Å². The van der Waals surface area contributed by atoms with Crippen LogP contribution in [0.5, 0.6) is 0 Å². The molecule has 0 aliphatic carbocycles. The van der Waals surface area contributed by atoms with Crippen molar-refractivity contribution in [3.63, 3.8) is 0 Å². The fourth-order valence-electron chi connectivity index (χ4n) is 7.74. The molecule has 3 N–H and O–H groups in total. The van der Waals surface area contributed by atoms with Crippen molar-refractivity contribution in [2.45, 2.75) is 0 Å². The number of hydrogen-bond donors (Lipinski definition) is 3. The van der Waals surface area contributed by atoms with Crippen LogP contribution in [0, 0.1) is 0 Å². The molecule has 0 unspecified atom stereocenters. The van der Waals surface area contributed by atoms with Gasteiger partial charge in [0, 0.05) is 71.0 Å². The van der Waals surface area contributed by atoms with Gasteiger partial charge in [-0.25, -0.2) is 0 Å². The molecule has 0 saturated carbocycles. The first-order valence-electron chi connectivity index (χ1n) is 19.0. The van der Waals surface area contributed by atoms with Crippen LogP contribution in [-0.2, 0) is 0 Å². The van der Waals surface area contributed by atoms with E-state index in [1.54, 1.807) is 0 Å². The molecule has 0 atom stereocenters. The van der Waals surface area contributed by atoms with Gasteiger partial charge in [0.25, 0.3) is 0 Å². The predicted octanol–water partition coefficient (Wildman–Crippen LogP) is 11.9. The number of allylic oxidation sites excluding steroid dienone is 6. The molecule has 6 heterocycles. The highest BCUT2D eigenvalue weighted by Gasteiger charge is 2.17. The second-order valence-electron chi connectivity index (χ2n) is 14.0. The first-order chi connectivity index (χ1) is 28.2. The highest BCUT2D eigenvalue weighted by atomic mass is 14.8. The Bertz CT molecular complexity index is 2490. The van der Waals surface area contributed by atoms with Crippen LogP contribution in [0.3, 0.4) is 0 Å². The Morgan fingerprint density at radius 3 is 0.860 bits per heavy atom. The number of rotatable bonds is 9.